The highest BCUT2D eigenvalue weighted by atomic mass is 127. The van der Waals surface area contributed by atoms with Gasteiger partial charge in [-0.05, 0) is 56.5 Å². The Labute approximate surface area is 169 Å². The average Bonchev–Trinajstić information content (AvgIpc) is 3.10. The monoisotopic (exact) mass is 460 g/mol. The lowest BCUT2D eigenvalue weighted by atomic mass is 10.1. The van der Waals surface area contributed by atoms with Gasteiger partial charge in [-0.25, -0.2) is 4.99 Å². The maximum absolute atomic E-state index is 5.19. The number of nitrogens with one attached hydrogen (secondary N) is 2. The maximum Gasteiger partial charge on any atom is 0.191 e. The van der Waals surface area contributed by atoms with E-state index in [1.807, 2.05) is 12.1 Å². The summed E-state index contributed by atoms with van der Waals surface area (Å²) in [5.41, 5.74) is 1.18. The third kappa shape index (κ3) is 8.27. The summed E-state index contributed by atoms with van der Waals surface area (Å²) in [5.74, 6) is 2.39. The van der Waals surface area contributed by atoms with Gasteiger partial charge in [0.1, 0.15) is 5.75 Å². The van der Waals surface area contributed by atoms with E-state index in [1.165, 1.54) is 38.0 Å². The van der Waals surface area contributed by atoms with Crippen LogP contribution >= 0.6 is 24.0 Å². The van der Waals surface area contributed by atoms with Gasteiger partial charge in [0.2, 0.25) is 0 Å². The van der Waals surface area contributed by atoms with Crippen LogP contribution < -0.4 is 15.4 Å². The van der Waals surface area contributed by atoms with Crippen LogP contribution in [0.1, 0.15) is 32.3 Å². The van der Waals surface area contributed by atoms with Gasteiger partial charge in [-0.1, -0.05) is 19.1 Å². The molecule has 1 heterocycles. The molecule has 0 saturated carbocycles. The lowest BCUT2D eigenvalue weighted by molar-refractivity contribution is 0.287. The molecule has 2 N–H and O–H groups in total. The summed E-state index contributed by atoms with van der Waals surface area (Å²) in [4.78, 5) is 7.25. The fraction of sp³-hybridized carbons (Fsp3) is 0.632. The second-order valence-electron chi connectivity index (χ2n) is 6.54. The Morgan fingerprint density at radius 3 is 2.48 bits per heavy atom. The minimum absolute atomic E-state index is 0. The SMILES string of the molecule is CCNC(=NCc1ccc(OC)cc1)NCC(C)CN1CCCC1.I. The molecule has 1 fully saturated rings. The van der Waals surface area contributed by atoms with Crippen molar-refractivity contribution in [2.75, 3.05) is 39.8 Å². The van der Waals surface area contributed by atoms with Crippen molar-refractivity contribution in [2.24, 2.45) is 10.9 Å². The summed E-state index contributed by atoms with van der Waals surface area (Å²) in [6.45, 7) is 10.6. The first kappa shape index (κ1) is 22.0. The van der Waals surface area contributed by atoms with Crippen molar-refractivity contribution in [3.63, 3.8) is 0 Å². The second kappa shape index (κ2) is 12.4. The molecule has 1 atom stereocenters. The summed E-state index contributed by atoms with van der Waals surface area (Å²) in [6, 6.07) is 8.07. The highest BCUT2D eigenvalue weighted by Crippen LogP contribution is 2.12. The van der Waals surface area contributed by atoms with Crippen molar-refractivity contribution in [3.05, 3.63) is 29.8 Å². The lowest BCUT2D eigenvalue weighted by Gasteiger charge is -2.21. The van der Waals surface area contributed by atoms with Crippen molar-refractivity contribution in [1.82, 2.24) is 15.5 Å². The van der Waals surface area contributed by atoms with E-state index in [0.29, 0.717) is 12.5 Å². The van der Waals surface area contributed by atoms with Gasteiger partial charge in [-0.2, -0.15) is 0 Å². The van der Waals surface area contributed by atoms with Crippen molar-refractivity contribution in [2.45, 2.75) is 33.2 Å². The normalized spacial score (nSPS) is 16.2. The fourth-order valence-corrected chi connectivity index (χ4v) is 2.98. The van der Waals surface area contributed by atoms with Crippen LogP contribution in [0.15, 0.2) is 29.3 Å². The molecule has 0 aliphatic carbocycles. The molecule has 0 radical (unpaired) electrons. The van der Waals surface area contributed by atoms with Crippen molar-refractivity contribution < 1.29 is 4.74 Å². The first-order valence-electron chi connectivity index (χ1n) is 9.08. The molecule has 0 aromatic heterocycles. The van der Waals surface area contributed by atoms with Crippen LogP contribution in [0.4, 0.5) is 0 Å². The predicted octanol–water partition coefficient (Wildman–Crippen LogP) is 3.10. The van der Waals surface area contributed by atoms with Gasteiger partial charge in [-0.3, -0.25) is 0 Å². The highest BCUT2D eigenvalue weighted by molar-refractivity contribution is 14.0. The van der Waals surface area contributed by atoms with E-state index in [0.717, 1.165) is 24.8 Å². The molecule has 25 heavy (non-hydrogen) atoms. The van der Waals surface area contributed by atoms with E-state index in [-0.39, 0.29) is 24.0 Å². The van der Waals surface area contributed by atoms with Crippen molar-refractivity contribution >= 4 is 29.9 Å². The zero-order valence-electron chi connectivity index (χ0n) is 15.8. The van der Waals surface area contributed by atoms with Crippen LogP contribution in [0.3, 0.4) is 0 Å². The predicted molar refractivity (Wildman–Crippen MR) is 116 cm³/mol. The standard InChI is InChI=1S/C19H32N4O.HI/c1-4-20-19(21-13-16(2)15-23-11-5-6-12-23)22-14-17-7-9-18(24-3)10-8-17;/h7-10,16H,4-6,11-15H2,1-3H3,(H2,20,21,22);1H. The van der Waals surface area contributed by atoms with Gasteiger partial charge in [0, 0.05) is 19.6 Å². The number of benzene rings is 1. The van der Waals surface area contributed by atoms with Gasteiger partial charge in [0.25, 0.3) is 0 Å². The number of hydrogen-bond acceptors (Lipinski definition) is 3. The summed E-state index contributed by atoms with van der Waals surface area (Å²) >= 11 is 0. The summed E-state index contributed by atoms with van der Waals surface area (Å²) in [7, 11) is 1.68. The fourth-order valence-electron chi connectivity index (χ4n) is 2.98. The second-order valence-corrected chi connectivity index (χ2v) is 6.54. The van der Waals surface area contributed by atoms with Gasteiger partial charge in [-0.15, -0.1) is 24.0 Å². The first-order chi connectivity index (χ1) is 11.7. The largest absolute Gasteiger partial charge is 0.497 e. The van der Waals surface area contributed by atoms with Gasteiger partial charge < -0.3 is 20.3 Å². The molecular formula is C19H33IN4O. The Hall–Kier alpha value is -1.02. The molecule has 1 aromatic rings. The highest BCUT2D eigenvalue weighted by Gasteiger charge is 2.14. The van der Waals surface area contributed by atoms with Gasteiger partial charge >= 0.3 is 0 Å². The molecule has 142 valence electrons. The number of methoxy groups -OCH3 is 1. The van der Waals surface area contributed by atoms with Crippen LogP contribution in [-0.2, 0) is 6.54 Å². The van der Waals surface area contributed by atoms with E-state index in [2.05, 4.69) is 46.5 Å². The van der Waals surface area contributed by atoms with Crippen LogP contribution in [0.2, 0.25) is 0 Å². The van der Waals surface area contributed by atoms with Crippen molar-refractivity contribution in [1.29, 1.82) is 0 Å². The smallest absolute Gasteiger partial charge is 0.191 e. The molecule has 1 aliphatic rings. The summed E-state index contributed by atoms with van der Waals surface area (Å²) < 4.78 is 5.19. The van der Waals surface area contributed by atoms with Crippen LogP contribution in [0.25, 0.3) is 0 Å². The molecule has 0 spiro atoms. The molecule has 0 amide bonds. The minimum Gasteiger partial charge on any atom is -0.497 e. The number of likely N-dealkylation sites (tertiary alicyclic amines) is 1. The zero-order valence-corrected chi connectivity index (χ0v) is 18.1. The molecule has 1 unspecified atom stereocenters. The van der Waals surface area contributed by atoms with E-state index >= 15 is 0 Å². The Bertz CT molecular complexity index is 501. The third-order valence-corrected chi connectivity index (χ3v) is 4.31. The first-order valence-corrected chi connectivity index (χ1v) is 9.08. The van der Waals surface area contributed by atoms with E-state index < -0.39 is 0 Å². The number of guanidine groups is 1. The Morgan fingerprint density at radius 1 is 1.20 bits per heavy atom. The minimum atomic E-state index is 0. The van der Waals surface area contributed by atoms with Crippen LogP contribution in [-0.4, -0.2) is 50.7 Å². The molecule has 5 nitrogen and oxygen atoms in total. The van der Waals surface area contributed by atoms with E-state index in [9.17, 15) is 0 Å². The zero-order chi connectivity index (χ0) is 17.2. The molecule has 2 rings (SSSR count). The molecule has 1 aromatic carbocycles. The van der Waals surface area contributed by atoms with E-state index in [1.54, 1.807) is 7.11 Å². The Balaban J connectivity index is 0.00000312. The Morgan fingerprint density at radius 2 is 1.88 bits per heavy atom. The molecule has 6 heteroatoms. The summed E-state index contributed by atoms with van der Waals surface area (Å²) in [5, 5.41) is 6.80. The summed E-state index contributed by atoms with van der Waals surface area (Å²) in [6.07, 6.45) is 2.71. The Kier molecular flexibility index (Phi) is 10.9. The maximum atomic E-state index is 5.19. The van der Waals surface area contributed by atoms with Crippen LogP contribution in [0, 0.1) is 5.92 Å². The van der Waals surface area contributed by atoms with Gasteiger partial charge in [0.15, 0.2) is 5.96 Å². The quantitative estimate of drug-likeness (QED) is 0.356. The number of aliphatic imine (C=N–C) groups is 1. The lowest BCUT2D eigenvalue weighted by Crippen LogP contribution is -2.41. The molecule has 1 aliphatic heterocycles. The average molecular weight is 460 g/mol. The van der Waals surface area contributed by atoms with Gasteiger partial charge in [0.05, 0.1) is 13.7 Å². The number of ether oxygens (including phenoxy) is 1. The molecule has 1 saturated heterocycles. The third-order valence-electron chi connectivity index (χ3n) is 4.31. The molecule has 0 bridgehead atoms. The topological polar surface area (TPSA) is 48.9 Å². The number of nitrogens with zero attached hydrogens (tertiary/aromatic N) is 2. The number of hydrogen-bond donors (Lipinski definition) is 2. The van der Waals surface area contributed by atoms with E-state index in [4.69, 9.17) is 4.74 Å². The molecular weight excluding hydrogens is 427 g/mol. The number of rotatable bonds is 8. The number of halogens is 1. The van der Waals surface area contributed by atoms with Crippen molar-refractivity contribution in [3.8, 4) is 5.75 Å². The van der Waals surface area contributed by atoms with Crippen LogP contribution in [0.5, 0.6) is 5.75 Å².